The second-order valence-electron chi connectivity index (χ2n) is 5.82. The summed E-state index contributed by atoms with van der Waals surface area (Å²) >= 11 is 0. The third kappa shape index (κ3) is 3.20. The molecule has 0 spiro atoms. The molecule has 0 atom stereocenters. The molecule has 124 valence electrons. The molecule has 0 saturated heterocycles. The standard InChI is InChI=1S/C19H17N5O/c25-18-8-14(16-5-1-2-6-17(16)23-18)10-21-11-15-12-22-24-19(15)13-4-3-7-20-9-13/h1-9,12,21H,10-11H2,(H,22,24)(H,23,25). The Balaban J connectivity index is 1.53. The van der Waals surface area contributed by atoms with Crippen LogP contribution in [-0.4, -0.2) is 20.2 Å². The smallest absolute Gasteiger partial charge is 0.248 e. The van der Waals surface area contributed by atoms with E-state index in [-0.39, 0.29) is 5.56 Å². The maximum atomic E-state index is 11.8. The number of H-pyrrole nitrogens is 2. The summed E-state index contributed by atoms with van der Waals surface area (Å²) in [6.07, 6.45) is 5.36. The van der Waals surface area contributed by atoms with E-state index in [1.54, 1.807) is 18.5 Å². The van der Waals surface area contributed by atoms with Gasteiger partial charge in [0.2, 0.25) is 5.56 Å². The number of pyridine rings is 2. The summed E-state index contributed by atoms with van der Waals surface area (Å²) in [5.41, 5.74) is 4.75. The zero-order chi connectivity index (χ0) is 17.1. The van der Waals surface area contributed by atoms with E-state index in [1.165, 1.54) is 0 Å². The number of benzene rings is 1. The number of rotatable bonds is 5. The van der Waals surface area contributed by atoms with Gasteiger partial charge in [0.25, 0.3) is 0 Å². The number of para-hydroxylation sites is 1. The number of aromatic amines is 2. The first-order valence-corrected chi connectivity index (χ1v) is 8.05. The van der Waals surface area contributed by atoms with Crippen molar-refractivity contribution in [2.75, 3.05) is 0 Å². The Morgan fingerprint density at radius 1 is 1.00 bits per heavy atom. The molecular weight excluding hydrogens is 314 g/mol. The lowest BCUT2D eigenvalue weighted by atomic mass is 10.1. The summed E-state index contributed by atoms with van der Waals surface area (Å²) in [6.45, 7) is 1.24. The summed E-state index contributed by atoms with van der Waals surface area (Å²) in [5.74, 6) is 0. The number of nitrogens with one attached hydrogen (secondary N) is 3. The fraction of sp³-hybridized carbons (Fsp3) is 0.105. The molecule has 0 aliphatic carbocycles. The van der Waals surface area contributed by atoms with Crippen LogP contribution in [0.15, 0.2) is 65.8 Å². The molecule has 0 radical (unpaired) electrons. The molecule has 4 rings (SSSR count). The van der Waals surface area contributed by atoms with Crippen molar-refractivity contribution in [1.82, 2.24) is 25.5 Å². The Labute approximate surface area is 144 Å². The predicted molar refractivity (Wildman–Crippen MR) is 96.9 cm³/mol. The van der Waals surface area contributed by atoms with Gasteiger partial charge < -0.3 is 10.3 Å². The first-order valence-electron chi connectivity index (χ1n) is 8.05. The third-order valence-corrected chi connectivity index (χ3v) is 4.14. The molecule has 0 aliphatic heterocycles. The van der Waals surface area contributed by atoms with Gasteiger partial charge in [0, 0.05) is 53.6 Å². The first-order chi connectivity index (χ1) is 12.3. The van der Waals surface area contributed by atoms with E-state index in [4.69, 9.17) is 0 Å². The second kappa shape index (κ2) is 6.70. The maximum Gasteiger partial charge on any atom is 0.248 e. The topological polar surface area (TPSA) is 86.5 Å². The summed E-state index contributed by atoms with van der Waals surface area (Å²) in [4.78, 5) is 18.8. The Kier molecular flexibility index (Phi) is 4.10. The first kappa shape index (κ1) is 15.3. The van der Waals surface area contributed by atoms with Gasteiger partial charge >= 0.3 is 0 Å². The van der Waals surface area contributed by atoms with Gasteiger partial charge in [-0.1, -0.05) is 18.2 Å². The van der Waals surface area contributed by atoms with Crippen molar-refractivity contribution in [2.24, 2.45) is 0 Å². The zero-order valence-corrected chi connectivity index (χ0v) is 13.5. The van der Waals surface area contributed by atoms with Crippen molar-refractivity contribution in [2.45, 2.75) is 13.1 Å². The fourth-order valence-corrected chi connectivity index (χ4v) is 2.96. The van der Waals surface area contributed by atoms with Crippen molar-refractivity contribution in [3.05, 3.63) is 82.5 Å². The third-order valence-electron chi connectivity index (χ3n) is 4.14. The quantitative estimate of drug-likeness (QED) is 0.525. The SMILES string of the molecule is O=c1cc(CNCc2cn[nH]c2-c2cccnc2)c2ccccc2[nH]1. The van der Waals surface area contributed by atoms with Gasteiger partial charge in [-0.15, -0.1) is 0 Å². The van der Waals surface area contributed by atoms with Gasteiger partial charge in [-0.25, -0.2) is 0 Å². The lowest BCUT2D eigenvalue weighted by Gasteiger charge is -2.08. The molecule has 4 aromatic rings. The summed E-state index contributed by atoms with van der Waals surface area (Å²) < 4.78 is 0. The van der Waals surface area contributed by atoms with Crippen LogP contribution < -0.4 is 10.9 Å². The second-order valence-corrected chi connectivity index (χ2v) is 5.82. The molecule has 3 N–H and O–H groups in total. The molecule has 6 heteroatoms. The number of nitrogens with zero attached hydrogens (tertiary/aromatic N) is 2. The molecule has 1 aromatic carbocycles. The number of fused-ring (bicyclic) bond motifs is 1. The summed E-state index contributed by atoms with van der Waals surface area (Å²) in [5, 5.41) is 11.6. The highest BCUT2D eigenvalue weighted by Crippen LogP contribution is 2.20. The molecule has 0 bridgehead atoms. The van der Waals surface area contributed by atoms with Gasteiger partial charge in [-0.3, -0.25) is 14.9 Å². The highest BCUT2D eigenvalue weighted by molar-refractivity contribution is 5.81. The lowest BCUT2D eigenvalue weighted by molar-refractivity contribution is 0.697. The lowest BCUT2D eigenvalue weighted by Crippen LogP contribution is -2.16. The minimum Gasteiger partial charge on any atom is -0.322 e. The maximum absolute atomic E-state index is 11.8. The number of hydrogen-bond acceptors (Lipinski definition) is 4. The fourth-order valence-electron chi connectivity index (χ4n) is 2.96. The normalized spacial score (nSPS) is 11.0. The van der Waals surface area contributed by atoms with Gasteiger partial charge in [-0.2, -0.15) is 5.10 Å². The van der Waals surface area contributed by atoms with Gasteiger partial charge in [0.05, 0.1) is 11.9 Å². The average Bonchev–Trinajstić information content (AvgIpc) is 3.11. The average molecular weight is 331 g/mol. The Morgan fingerprint density at radius 3 is 2.76 bits per heavy atom. The highest BCUT2D eigenvalue weighted by Gasteiger charge is 2.08. The largest absolute Gasteiger partial charge is 0.322 e. The van der Waals surface area contributed by atoms with Crippen molar-refractivity contribution in [3.8, 4) is 11.3 Å². The molecule has 0 fully saturated rings. The van der Waals surface area contributed by atoms with Crippen LogP contribution in [0.1, 0.15) is 11.1 Å². The van der Waals surface area contributed by atoms with Crippen LogP contribution in [0.25, 0.3) is 22.2 Å². The Bertz CT molecular complexity index is 1050. The molecular formula is C19H17N5O. The van der Waals surface area contributed by atoms with E-state index < -0.39 is 0 Å². The number of hydrogen-bond donors (Lipinski definition) is 3. The predicted octanol–water partition coefficient (Wildman–Crippen LogP) is 2.60. The van der Waals surface area contributed by atoms with E-state index in [9.17, 15) is 4.79 Å². The van der Waals surface area contributed by atoms with E-state index >= 15 is 0 Å². The molecule has 6 nitrogen and oxygen atoms in total. The van der Waals surface area contributed by atoms with Crippen LogP contribution in [0.2, 0.25) is 0 Å². The molecule has 3 heterocycles. The van der Waals surface area contributed by atoms with Crippen LogP contribution >= 0.6 is 0 Å². The summed E-state index contributed by atoms with van der Waals surface area (Å²) in [7, 11) is 0. The molecule has 0 aliphatic rings. The molecule has 25 heavy (non-hydrogen) atoms. The van der Waals surface area contributed by atoms with E-state index in [0.29, 0.717) is 13.1 Å². The monoisotopic (exact) mass is 331 g/mol. The van der Waals surface area contributed by atoms with Gasteiger partial charge in [0.1, 0.15) is 0 Å². The van der Waals surface area contributed by atoms with Crippen LogP contribution in [0.4, 0.5) is 0 Å². The van der Waals surface area contributed by atoms with Crippen molar-refractivity contribution in [3.63, 3.8) is 0 Å². The Morgan fingerprint density at radius 2 is 1.88 bits per heavy atom. The van der Waals surface area contributed by atoms with E-state index in [2.05, 4.69) is 25.5 Å². The van der Waals surface area contributed by atoms with Crippen LogP contribution in [-0.2, 0) is 13.1 Å². The van der Waals surface area contributed by atoms with Crippen LogP contribution in [0, 0.1) is 0 Å². The zero-order valence-electron chi connectivity index (χ0n) is 13.5. The van der Waals surface area contributed by atoms with Crippen LogP contribution in [0.3, 0.4) is 0 Å². The minimum absolute atomic E-state index is 0.0881. The number of aromatic nitrogens is 4. The summed E-state index contributed by atoms with van der Waals surface area (Å²) in [6, 6.07) is 13.4. The molecule has 0 saturated carbocycles. The highest BCUT2D eigenvalue weighted by atomic mass is 16.1. The van der Waals surface area contributed by atoms with Crippen molar-refractivity contribution in [1.29, 1.82) is 0 Å². The van der Waals surface area contributed by atoms with Crippen molar-refractivity contribution < 1.29 is 0 Å². The van der Waals surface area contributed by atoms with Gasteiger partial charge in [0.15, 0.2) is 0 Å². The molecule has 0 unspecified atom stereocenters. The minimum atomic E-state index is -0.0881. The van der Waals surface area contributed by atoms with Gasteiger partial charge in [-0.05, 0) is 23.8 Å². The molecule has 3 aromatic heterocycles. The Hall–Kier alpha value is -3.25. The van der Waals surface area contributed by atoms with Crippen LogP contribution in [0.5, 0.6) is 0 Å². The molecule has 0 amide bonds. The van der Waals surface area contributed by atoms with E-state index in [0.717, 1.165) is 33.3 Å². The van der Waals surface area contributed by atoms with E-state index in [1.807, 2.05) is 42.6 Å². The van der Waals surface area contributed by atoms with Crippen molar-refractivity contribution >= 4 is 10.9 Å².